The van der Waals surface area contributed by atoms with Gasteiger partial charge in [0.05, 0.1) is 17.7 Å². The molecule has 2 aliphatic rings. The average Bonchev–Trinajstić information content (AvgIpc) is 2.78. The number of hydrogen-bond acceptors (Lipinski definition) is 4. The number of fused-ring (bicyclic) bond motifs is 1. The molecule has 0 radical (unpaired) electrons. The maximum Gasteiger partial charge on any atom is 0.255 e. The fraction of sp³-hybridized carbons (Fsp3) is 0.435. The fourth-order valence-corrected chi connectivity index (χ4v) is 5.05. The van der Waals surface area contributed by atoms with Gasteiger partial charge >= 0.3 is 0 Å². The quantitative estimate of drug-likeness (QED) is 0.691. The second kappa shape index (κ2) is 8.75. The highest BCUT2D eigenvalue weighted by molar-refractivity contribution is 6.35. The van der Waals surface area contributed by atoms with E-state index < -0.39 is 0 Å². The van der Waals surface area contributed by atoms with Crippen LogP contribution in [-0.4, -0.2) is 62.1 Å². The fourth-order valence-electron chi connectivity index (χ4n) is 4.64. The molecule has 0 aliphatic carbocycles. The summed E-state index contributed by atoms with van der Waals surface area (Å²) in [6.45, 7) is 2.95. The topological polar surface area (TPSA) is 42.0 Å². The summed E-state index contributed by atoms with van der Waals surface area (Å²) < 4.78 is 11.3. The summed E-state index contributed by atoms with van der Waals surface area (Å²) in [7, 11) is 3.33. The van der Waals surface area contributed by atoms with Crippen LogP contribution in [-0.2, 0) is 10.3 Å². The molecule has 2 aliphatic heterocycles. The van der Waals surface area contributed by atoms with Gasteiger partial charge in [0.25, 0.3) is 5.91 Å². The highest BCUT2D eigenvalue weighted by Gasteiger charge is 2.43. The second-order valence-electron chi connectivity index (χ2n) is 7.94. The van der Waals surface area contributed by atoms with Gasteiger partial charge in [0.1, 0.15) is 11.4 Å². The normalized spacial score (nSPS) is 24.4. The van der Waals surface area contributed by atoms with Crippen molar-refractivity contribution < 1.29 is 14.3 Å². The number of piperazine rings is 1. The summed E-state index contributed by atoms with van der Waals surface area (Å²) in [4.78, 5) is 17.5. The molecule has 5 nitrogen and oxygen atoms in total. The van der Waals surface area contributed by atoms with Crippen LogP contribution in [0.4, 0.5) is 0 Å². The number of carbonyl (C=O) groups is 1. The van der Waals surface area contributed by atoms with Crippen molar-refractivity contribution in [2.24, 2.45) is 0 Å². The Balaban J connectivity index is 1.48. The van der Waals surface area contributed by atoms with Gasteiger partial charge in [0.15, 0.2) is 0 Å². The van der Waals surface area contributed by atoms with Crippen molar-refractivity contribution in [3.63, 3.8) is 0 Å². The molecule has 2 heterocycles. The van der Waals surface area contributed by atoms with Crippen molar-refractivity contribution in [3.05, 3.63) is 63.6 Å². The molecule has 30 heavy (non-hydrogen) atoms. The largest absolute Gasteiger partial charge is 0.495 e. The van der Waals surface area contributed by atoms with Gasteiger partial charge in [0, 0.05) is 44.4 Å². The van der Waals surface area contributed by atoms with Crippen molar-refractivity contribution in [2.75, 3.05) is 40.4 Å². The van der Waals surface area contributed by atoms with E-state index in [1.54, 1.807) is 32.4 Å². The van der Waals surface area contributed by atoms with Gasteiger partial charge in [-0.25, -0.2) is 0 Å². The van der Waals surface area contributed by atoms with E-state index in [-0.39, 0.29) is 11.5 Å². The third kappa shape index (κ3) is 3.92. The maximum atomic E-state index is 13.1. The molecule has 0 aromatic heterocycles. The molecule has 0 spiro atoms. The highest BCUT2D eigenvalue weighted by Crippen LogP contribution is 2.39. The molecular weight excluding hydrogens is 423 g/mol. The number of benzene rings is 2. The van der Waals surface area contributed by atoms with Crippen LogP contribution in [0.15, 0.2) is 42.5 Å². The molecule has 2 aromatic carbocycles. The van der Waals surface area contributed by atoms with Crippen LogP contribution in [0.1, 0.15) is 28.8 Å². The molecule has 2 atom stereocenters. The smallest absolute Gasteiger partial charge is 0.255 e. The van der Waals surface area contributed by atoms with Gasteiger partial charge in [-0.15, -0.1) is 0 Å². The molecule has 2 aromatic rings. The Bertz CT molecular complexity index is 921. The van der Waals surface area contributed by atoms with E-state index >= 15 is 0 Å². The van der Waals surface area contributed by atoms with E-state index in [1.807, 2.05) is 17.0 Å². The zero-order valence-corrected chi connectivity index (χ0v) is 18.7. The summed E-state index contributed by atoms with van der Waals surface area (Å²) >= 11 is 12.5. The van der Waals surface area contributed by atoms with E-state index in [4.69, 9.17) is 32.7 Å². The molecule has 0 bridgehead atoms. The van der Waals surface area contributed by atoms with Gasteiger partial charge in [-0.3, -0.25) is 9.69 Å². The van der Waals surface area contributed by atoms with Crippen LogP contribution in [0.25, 0.3) is 0 Å². The van der Waals surface area contributed by atoms with E-state index in [9.17, 15) is 4.79 Å². The van der Waals surface area contributed by atoms with Gasteiger partial charge < -0.3 is 14.4 Å². The second-order valence-corrected chi connectivity index (χ2v) is 8.76. The minimum atomic E-state index is -0.344. The number of rotatable bonds is 4. The predicted octanol–water partition coefficient (Wildman–Crippen LogP) is 4.46. The highest BCUT2D eigenvalue weighted by atomic mass is 35.5. The third-order valence-electron chi connectivity index (χ3n) is 6.41. The average molecular weight is 449 g/mol. The monoisotopic (exact) mass is 448 g/mol. The Morgan fingerprint density at radius 1 is 1.10 bits per heavy atom. The molecular formula is C23H26Cl2N2O3. The summed E-state index contributed by atoms with van der Waals surface area (Å²) in [5.41, 5.74) is 1.30. The van der Waals surface area contributed by atoms with Crippen LogP contribution in [0.2, 0.25) is 10.0 Å². The van der Waals surface area contributed by atoms with Crippen LogP contribution in [0.5, 0.6) is 5.75 Å². The number of ether oxygens (including phenoxy) is 2. The zero-order valence-electron chi connectivity index (χ0n) is 17.2. The maximum absolute atomic E-state index is 13.1. The first kappa shape index (κ1) is 21.4. The summed E-state index contributed by atoms with van der Waals surface area (Å²) in [6.07, 6.45) is 1.85. The van der Waals surface area contributed by atoms with Crippen LogP contribution in [0, 0.1) is 0 Å². The van der Waals surface area contributed by atoms with Crippen LogP contribution >= 0.6 is 23.2 Å². The number of nitrogens with zero attached hydrogens (tertiary/aromatic N) is 2. The molecule has 160 valence electrons. The molecule has 4 rings (SSSR count). The van der Waals surface area contributed by atoms with Gasteiger partial charge in [-0.2, -0.15) is 0 Å². The van der Waals surface area contributed by atoms with Crippen molar-refractivity contribution in [3.8, 4) is 5.75 Å². The first-order valence-corrected chi connectivity index (χ1v) is 10.9. The minimum Gasteiger partial charge on any atom is -0.495 e. The first-order chi connectivity index (χ1) is 14.5. The van der Waals surface area contributed by atoms with E-state index in [0.29, 0.717) is 35.5 Å². The first-order valence-electron chi connectivity index (χ1n) is 10.1. The number of hydrogen-bond donors (Lipinski definition) is 0. The number of halogens is 2. The lowest BCUT2D eigenvalue weighted by molar-refractivity contribution is -0.0985. The number of amides is 1. The van der Waals surface area contributed by atoms with Gasteiger partial charge in [-0.05, 0) is 42.7 Å². The molecule has 2 saturated heterocycles. The van der Waals surface area contributed by atoms with Crippen LogP contribution < -0.4 is 4.74 Å². The van der Waals surface area contributed by atoms with Crippen molar-refractivity contribution in [1.29, 1.82) is 0 Å². The Hall–Kier alpha value is -1.79. The zero-order chi connectivity index (χ0) is 21.3. The van der Waals surface area contributed by atoms with Gasteiger partial charge in [-0.1, -0.05) is 41.4 Å². The van der Waals surface area contributed by atoms with Crippen LogP contribution in [0.3, 0.4) is 0 Å². The lowest BCUT2D eigenvalue weighted by Gasteiger charge is -2.50. The molecule has 2 fully saturated rings. The number of piperidine rings is 1. The lowest BCUT2D eigenvalue weighted by atomic mass is 9.82. The summed E-state index contributed by atoms with van der Waals surface area (Å²) in [6, 6.07) is 13.6. The number of methoxy groups -OCH3 is 2. The van der Waals surface area contributed by atoms with E-state index in [2.05, 4.69) is 17.0 Å². The number of carbonyl (C=O) groups excluding carboxylic acids is 1. The molecule has 0 saturated carbocycles. The Kier molecular flexibility index (Phi) is 6.26. The Labute approximate surface area is 187 Å². The van der Waals surface area contributed by atoms with Crippen molar-refractivity contribution in [2.45, 2.75) is 24.5 Å². The van der Waals surface area contributed by atoms with Crippen molar-refractivity contribution >= 4 is 29.1 Å². The van der Waals surface area contributed by atoms with Crippen molar-refractivity contribution in [1.82, 2.24) is 9.80 Å². The third-order valence-corrected chi connectivity index (χ3v) is 7.05. The SMILES string of the molecule is COc1cccc(C(=O)N2CCN3C[C@](OC)(c4ccc(Cl)cc4)CC[C@H]3C2)c1Cl. The predicted molar refractivity (Wildman–Crippen MR) is 119 cm³/mol. The van der Waals surface area contributed by atoms with Gasteiger partial charge in [0.2, 0.25) is 0 Å². The van der Waals surface area contributed by atoms with E-state index in [1.165, 1.54) is 0 Å². The lowest BCUT2D eigenvalue weighted by Crippen LogP contribution is -2.61. The van der Waals surface area contributed by atoms with E-state index in [0.717, 1.165) is 36.5 Å². The standard InChI is InChI=1S/C23H26Cl2N2O3/c1-29-20-5-3-4-19(21(20)25)22(28)26-12-13-27-15-23(30-2,11-10-18(27)14-26)16-6-8-17(24)9-7-16/h3-9,18H,10-15H2,1-2H3/t18-,23-/m0/s1. The molecule has 7 heteroatoms. The molecule has 0 unspecified atom stereocenters. The molecule has 1 amide bonds. The summed E-state index contributed by atoms with van der Waals surface area (Å²) in [5, 5.41) is 1.10. The summed E-state index contributed by atoms with van der Waals surface area (Å²) in [5.74, 6) is 0.478. The Morgan fingerprint density at radius 3 is 2.57 bits per heavy atom. The molecule has 0 N–H and O–H groups in total. The minimum absolute atomic E-state index is 0.0418. The Morgan fingerprint density at radius 2 is 1.87 bits per heavy atom.